The first-order chi connectivity index (χ1) is 8.43. The first-order valence-corrected chi connectivity index (χ1v) is 10.6. The van der Waals surface area contributed by atoms with Crippen molar-refractivity contribution in [2.45, 2.75) is 39.7 Å². The third-order valence-electron chi connectivity index (χ3n) is 3.80. The van der Waals surface area contributed by atoms with Crippen molar-refractivity contribution in [3.05, 3.63) is 0 Å². The Kier molecular flexibility index (Phi) is 4.44. The van der Waals surface area contributed by atoms with E-state index in [1.165, 1.54) is 25.3 Å². The highest BCUT2D eigenvalue weighted by Gasteiger charge is 2.45. The number of nitrogens with zero attached hydrogens (tertiary/aromatic N) is 4. The minimum atomic E-state index is -1.69. The highest BCUT2D eigenvalue weighted by Crippen LogP contribution is 2.67. The second-order valence-electron chi connectivity index (χ2n) is 5.95. The molecule has 2 rings (SSSR count). The SMILES string of the molecule is CC[PH](CC)=NP12=NC(C)(C)CN1CCCN2C. The number of fused-ring (bicyclic) bond motifs is 1. The molecule has 4 nitrogen and oxygen atoms in total. The molecule has 0 aromatic carbocycles. The van der Waals surface area contributed by atoms with Crippen LogP contribution in [0.4, 0.5) is 0 Å². The summed E-state index contributed by atoms with van der Waals surface area (Å²) in [7, 11) is -0.0249. The first kappa shape index (κ1) is 14.8. The van der Waals surface area contributed by atoms with E-state index in [0.29, 0.717) is 0 Å². The predicted octanol–water partition coefficient (Wildman–Crippen LogP) is 3.80. The molecule has 2 heterocycles. The lowest BCUT2D eigenvalue weighted by Crippen LogP contribution is -2.36. The van der Waals surface area contributed by atoms with Gasteiger partial charge in [-0.3, -0.25) is 0 Å². The van der Waals surface area contributed by atoms with E-state index < -0.39 is 15.2 Å². The Bertz CT molecular complexity index is 397. The fourth-order valence-corrected chi connectivity index (χ4v) is 10.2. The highest BCUT2D eigenvalue weighted by molar-refractivity contribution is 7.67. The lowest BCUT2D eigenvalue weighted by molar-refractivity contribution is 0.327. The van der Waals surface area contributed by atoms with Crippen molar-refractivity contribution in [3.8, 4) is 0 Å². The number of hydrogen-bond donors (Lipinski definition) is 0. The molecule has 2 aliphatic heterocycles. The van der Waals surface area contributed by atoms with E-state index in [9.17, 15) is 0 Å². The Morgan fingerprint density at radius 2 is 1.94 bits per heavy atom. The van der Waals surface area contributed by atoms with Gasteiger partial charge in [0.2, 0.25) is 7.51 Å². The molecule has 18 heavy (non-hydrogen) atoms. The summed E-state index contributed by atoms with van der Waals surface area (Å²) >= 11 is 0. The summed E-state index contributed by atoms with van der Waals surface area (Å²) in [6.45, 7) is 12.6. The fraction of sp³-hybridized carbons (Fsp3) is 1.00. The molecule has 6 heteroatoms. The summed E-state index contributed by atoms with van der Waals surface area (Å²) in [5.74, 6) is 0. The topological polar surface area (TPSA) is 31.2 Å². The molecular weight excluding hydrogens is 262 g/mol. The quantitative estimate of drug-likeness (QED) is 0.740. The van der Waals surface area contributed by atoms with E-state index in [-0.39, 0.29) is 5.54 Å². The average Bonchev–Trinajstić information content (AvgIpc) is 2.58. The van der Waals surface area contributed by atoms with E-state index >= 15 is 0 Å². The van der Waals surface area contributed by atoms with Crippen molar-refractivity contribution in [2.24, 2.45) is 9.26 Å². The summed E-state index contributed by atoms with van der Waals surface area (Å²) in [5, 5.41) is 0. The molecule has 1 saturated heterocycles. The normalized spacial score (nSPS) is 32.3. The Balaban J connectivity index is 2.48. The molecule has 0 radical (unpaired) electrons. The molecule has 0 aromatic rings. The van der Waals surface area contributed by atoms with Gasteiger partial charge in [-0.2, -0.15) is 0 Å². The Morgan fingerprint density at radius 3 is 2.56 bits per heavy atom. The van der Waals surface area contributed by atoms with Crippen LogP contribution in [0.25, 0.3) is 0 Å². The summed E-state index contributed by atoms with van der Waals surface area (Å²) in [5.41, 5.74) is 0.0876. The van der Waals surface area contributed by atoms with Crippen LogP contribution in [0.1, 0.15) is 34.1 Å². The zero-order valence-corrected chi connectivity index (χ0v) is 14.4. The second-order valence-corrected chi connectivity index (χ2v) is 11.8. The van der Waals surface area contributed by atoms with Crippen molar-refractivity contribution in [1.82, 2.24) is 9.34 Å². The Labute approximate surface area is 113 Å². The monoisotopic (exact) mass is 290 g/mol. The maximum atomic E-state index is 5.34. The zero-order chi connectivity index (χ0) is 13.4. The molecule has 0 spiro atoms. The third kappa shape index (κ3) is 2.63. The minimum absolute atomic E-state index is 0.0876. The summed E-state index contributed by atoms with van der Waals surface area (Å²) in [6, 6.07) is 0. The van der Waals surface area contributed by atoms with Gasteiger partial charge < -0.3 is 0 Å². The molecule has 106 valence electrons. The molecule has 0 amide bonds. The van der Waals surface area contributed by atoms with Crippen LogP contribution in [0.3, 0.4) is 0 Å². The van der Waals surface area contributed by atoms with Gasteiger partial charge in [-0.05, 0) is 47.4 Å². The Morgan fingerprint density at radius 1 is 1.28 bits per heavy atom. The molecule has 0 aromatic heterocycles. The van der Waals surface area contributed by atoms with Crippen LogP contribution in [0.15, 0.2) is 9.26 Å². The molecule has 0 aliphatic carbocycles. The lowest BCUT2D eigenvalue weighted by Gasteiger charge is -2.40. The number of rotatable bonds is 3. The van der Waals surface area contributed by atoms with Crippen LogP contribution >= 0.6 is 15.2 Å². The van der Waals surface area contributed by atoms with Gasteiger partial charge in [0, 0.05) is 19.6 Å². The zero-order valence-electron chi connectivity index (χ0n) is 12.5. The van der Waals surface area contributed by atoms with Crippen LogP contribution in [0, 0.1) is 0 Å². The van der Waals surface area contributed by atoms with Gasteiger partial charge >= 0.3 is 0 Å². The van der Waals surface area contributed by atoms with E-state index in [2.05, 4.69) is 44.1 Å². The molecule has 0 N–H and O–H groups in total. The van der Waals surface area contributed by atoms with E-state index in [0.717, 1.165) is 13.1 Å². The largest absolute Gasteiger partial charge is 0.247 e. The van der Waals surface area contributed by atoms with Crippen LogP contribution in [0.2, 0.25) is 0 Å². The molecule has 1 atom stereocenters. The van der Waals surface area contributed by atoms with E-state index in [1.54, 1.807) is 0 Å². The van der Waals surface area contributed by atoms with E-state index in [1.807, 2.05) is 0 Å². The van der Waals surface area contributed by atoms with Gasteiger partial charge in [0.15, 0.2) is 0 Å². The highest BCUT2D eigenvalue weighted by atomic mass is 31.2. The summed E-state index contributed by atoms with van der Waals surface area (Å²) < 4.78 is 15.6. The van der Waals surface area contributed by atoms with Gasteiger partial charge in [-0.15, -0.1) is 0 Å². The summed E-state index contributed by atoms with van der Waals surface area (Å²) in [4.78, 5) is 0. The van der Waals surface area contributed by atoms with E-state index in [4.69, 9.17) is 9.26 Å². The smallest absolute Gasteiger partial charge is 0.210 e. The molecular formula is C12H28N4P2. The minimum Gasteiger partial charge on any atom is -0.247 e. The van der Waals surface area contributed by atoms with Gasteiger partial charge in [-0.25, -0.2) is 18.6 Å². The second kappa shape index (κ2) is 5.40. The predicted molar refractivity (Wildman–Crippen MR) is 84.1 cm³/mol. The van der Waals surface area contributed by atoms with Crippen molar-refractivity contribution < 1.29 is 0 Å². The van der Waals surface area contributed by atoms with Gasteiger partial charge in [-0.1, -0.05) is 13.8 Å². The summed E-state index contributed by atoms with van der Waals surface area (Å²) in [6.07, 6.45) is 3.74. The van der Waals surface area contributed by atoms with Crippen molar-refractivity contribution >= 4 is 15.2 Å². The molecule has 2 aliphatic rings. The third-order valence-corrected chi connectivity index (χ3v) is 10.7. The van der Waals surface area contributed by atoms with Gasteiger partial charge in [0.1, 0.15) is 0 Å². The Hall–Kier alpha value is 0.380. The van der Waals surface area contributed by atoms with Gasteiger partial charge in [0.05, 0.1) is 5.54 Å². The first-order valence-electron chi connectivity index (χ1n) is 7.12. The van der Waals surface area contributed by atoms with Crippen LogP contribution in [-0.4, -0.2) is 53.9 Å². The lowest BCUT2D eigenvalue weighted by atomic mass is 10.1. The molecule has 0 bridgehead atoms. The van der Waals surface area contributed by atoms with Crippen molar-refractivity contribution in [2.75, 3.05) is 39.0 Å². The van der Waals surface area contributed by atoms with Crippen molar-refractivity contribution in [3.63, 3.8) is 0 Å². The molecule has 0 saturated carbocycles. The van der Waals surface area contributed by atoms with Crippen LogP contribution < -0.4 is 0 Å². The maximum absolute atomic E-state index is 5.34. The van der Waals surface area contributed by atoms with Crippen LogP contribution in [-0.2, 0) is 0 Å². The average molecular weight is 290 g/mol. The molecule has 1 unspecified atom stereocenters. The maximum Gasteiger partial charge on any atom is 0.210 e. The van der Waals surface area contributed by atoms with Crippen molar-refractivity contribution in [1.29, 1.82) is 0 Å². The number of hydrogen-bond acceptors (Lipinski definition) is 4. The van der Waals surface area contributed by atoms with Gasteiger partial charge in [0.25, 0.3) is 0 Å². The fourth-order valence-electron chi connectivity index (χ4n) is 2.86. The standard InChI is InChI=1S/C12H28N4P2/c1-6-17(7-2)14-18-13-12(3,4)11-16(18)10-8-9-15(18)5/h17H,6-11H2,1-5H3. The van der Waals surface area contributed by atoms with Crippen LogP contribution in [0.5, 0.6) is 0 Å². The molecule has 1 fully saturated rings.